The van der Waals surface area contributed by atoms with Gasteiger partial charge in [0.1, 0.15) is 12.4 Å². The fourth-order valence-electron chi connectivity index (χ4n) is 4.38. The predicted molar refractivity (Wildman–Crippen MR) is 149 cm³/mol. The number of ether oxygens (including phenoxy) is 1. The van der Waals surface area contributed by atoms with Gasteiger partial charge in [0.2, 0.25) is 0 Å². The van der Waals surface area contributed by atoms with Gasteiger partial charge in [-0.05, 0) is 59.7 Å². The summed E-state index contributed by atoms with van der Waals surface area (Å²) < 4.78 is 8.97. The molecule has 3 aromatic carbocycles. The number of nitrogens with zero attached hydrogens (tertiary/aromatic N) is 2. The Balaban J connectivity index is 1.41. The molecule has 1 aromatic heterocycles. The van der Waals surface area contributed by atoms with Gasteiger partial charge in [-0.3, -0.25) is 14.5 Å². The molecule has 4 aromatic rings. The van der Waals surface area contributed by atoms with E-state index in [-0.39, 0.29) is 24.3 Å². The largest absolute Gasteiger partial charge is 0.492 e. The number of hydrogen-bond acceptors (Lipinski definition) is 4. The van der Waals surface area contributed by atoms with Crippen molar-refractivity contribution in [1.29, 1.82) is 0 Å². The van der Waals surface area contributed by atoms with Crippen molar-refractivity contribution in [1.82, 2.24) is 9.47 Å². The van der Waals surface area contributed by atoms with E-state index < -0.39 is 0 Å². The van der Waals surface area contributed by atoms with Crippen molar-refractivity contribution in [2.75, 3.05) is 13.2 Å². The standard InChI is InChI=1S/C29H25BrN2O3S/c1-2-21-7-6-10-25-22(19-31(27(21)25)18-20-11-13-23(30)14-12-20)17-26-28(33)32(29(34)36-26)15-16-35-24-8-4-3-5-9-24/h3-14,17,19H,2,15-16,18H2,1H3/b26-17-. The predicted octanol–water partition coefficient (Wildman–Crippen LogP) is 7.13. The smallest absolute Gasteiger partial charge is 0.293 e. The normalized spacial score (nSPS) is 14.8. The molecule has 0 unspecified atom stereocenters. The summed E-state index contributed by atoms with van der Waals surface area (Å²) in [5.41, 5.74) is 4.52. The third-order valence-electron chi connectivity index (χ3n) is 6.15. The van der Waals surface area contributed by atoms with Gasteiger partial charge in [0.05, 0.1) is 17.0 Å². The summed E-state index contributed by atoms with van der Waals surface area (Å²) in [6.07, 6.45) is 4.83. The van der Waals surface area contributed by atoms with E-state index in [2.05, 4.69) is 63.9 Å². The van der Waals surface area contributed by atoms with Crippen molar-refractivity contribution in [3.05, 3.63) is 105 Å². The Bertz CT molecular complexity index is 1440. The Morgan fingerprint density at radius 3 is 2.50 bits per heavy atom. The third-order valence-corrected chi connectivity index (χ3v) is 7.58. The Morgan fingerprint density at radius 1 is 0.972 bits per heavy atom. The zero-order chi connectivity index (χ0) is 25.1. The first-order valence-corrected chi connectivity index (χ1v) is 13.4. The number of thioether (sulfide) groups is 1. The molecule has 5 nitrogen and oxygen atoms in total. The number of imide groups is 1. The summed E-state index contributed by atoms with van der Waals surface area (Å²) in [5.74, 6) is 0.437. The maximum Gasteiger partial charge on any atom is 0.293 e. The van der Waals surface area contributed by atoms with Crippen LogP contribution in [0.25, 0.3) is 17.0 Å². The van der Waals surface area contributed by atoms with Gasteiger partial charge in [-0.25, -0.2) is 0 Å². The van der Waals surface area contributed by atoms with Crippen LogP contribution in [-0.4, -0.2) is 33.8 Å². The second-order valence-electron chi connectivity index (χ2n) is 8.50. The van der Waals surface area contributed by atoms with Crippen LogP contribution in [0.3, 0.4) is 0 Å². The van der Waals surface area contributed by atoms with Crippen LogP contribution >= 0.6 is 27.7 Å². The van der Waals surface area contributed by atoms with Gasteiger partial charge in [-0.2, -0.15) is 0 Å². The van der Waals surface area contributed by atoms with E-state index in [1.54, 1.807) is 0 Å². The van der Waals surface area contributed by atoms with E-state index in [4.69, 9.17) is 4.74 Å². The highest BCUT2D eigenvalue weighted by atomic mass is 79.9. The van der Waals surface area contributed by atoms with Crippen molar-refractivity contribution >= 4 is 55.8 Å². The molecule has 0 spiro atoms. The summed E-state index contributed by atoms with van der Waals surface area (Å²) in [5, 5.41) is 0.807. The molecule has 182 valence electrons. The first-order valence-electron chi connectivity index (χ1n) is 11.8. The van der Waals surface area contributed by atoms with Gasteiger partial charge < -0.3 is 9.30 Å². The molecule has 1 fully saturated rings. The minimum absolute atomic E-state index is 0.211. The highest BCUT2D eigenvalue weighted by molar-refractivity contribution is 9.10. The summed E-state index contributed by atoms with van der Waals surface area (Å²) in [6.45, 7) is 3.32. The van der Waals surface area contributed by atoms with Crippen LogP contribution in [0.2, 0.25) is 0 Å². The van der Waals surface area contributed by atoms with E-state index >= 15 is 0 Å². The molecule has 0 atom stereocenters. The molecule has 0 radical (unpaired) electrons. The Kier molecular flexibility index (Phi) is 7.30. The van der Waals surface area contributed by atoms with Crippen LogP contribution in [0.4, 0.5) is 4.79 Å². The highest BCUT2D eigenvalue weighted by Gasteiger charge is 2.35. The number of fused-ring (bicyclic) bond motifs is 1. The SMILES string of the molecule is CCc1cccc2c(/C=C3\SC(=O)N(CCOc4ccccc4)C3=O)cn(Cc3ccc(Br)cc3)c12. The van der Waals surface area contributed by atoms with Crippen LogP contribution in [0, 0.1) is 0 Å². The van der Waals surface area contributed by atoms with Crippen molar-refractivity contribution in [3.63, 3.8) is 0 Å². The second-order valence-corrected chi connectivity index (χ2v) is 10.4. The topological polar surface area (TPSA) is 51.5 Å². The van der Waals surface area contributed by atoms with Gasteiger partial charge in [0, 0.05) is 28.2 Å². The number of rotatable bonds is 8. The molecule has 5 rings (SSSR count). The number of hydrogen-bond donors (Lipinski definition) is 0. The lowest BCUT2D eigenvalue weighted by atomic mass is 10.1. The molecule has 0 N–H and O–H groups in total. The number of halogens is 1. The lowest BCUT2D eigenvalue weighted by Crippen LogP contribution is -2.32. The average Bonchev–Trinajstić information content (AvgIpc) is 3.37. The number of benzene rings is 3. The molecule has 1 aliphatic heterocycles. The number of amides is 2. The number of carbonyl (C=O) groups is 2. The first-order chi connectivity index (χ1) is 17.5. The van der Waals surface area contributed by atoms with Crippen molar-refractivity contribution in [3.8, 4) is 5.75 Å². The molecule has 2 amide bonds. The van der Waals surface area contributed by atoms with Crippen molar-refractivity contribution < 1.29 is 14.3 Å². The monoisotopic (exact) mass is 560 g/mol. The minimum atomic E-state index is -0.276. The summed E-state index contributed by atoms with van der Waals surface area (Å²) >= 11 is 4.49. The van der Waals surface area contributed by atoms with Gasteiger partial charge in [0.15, 0.2) is 0 Å². The maximum absolute atomic E-state index is 13.1. The lowest BCUT2D eigenvalue weighted by molar-refractivity contribution is -0.123. The molecular formula is C29H25BrN2O3S. The maximum atomic E-state index is 13.1. The molecule has 1 saturated heterocycles. The van der Waals surface area contributed by atoms with Crippen molar-refractivity contribution in [2.24, 2.45) is 0 Å². The zero-order valence-electron chi connectivity index (χ0n) is 19.8. The van der Waals surface area contributed by atoms with Gasteiger partial charge in [-0.1, -0.05) is 71.4 Å². The Labute approximate surface area is 222 Å². The molecule has 0 saturated carbocycles. The number of carbonyl (C=O) groups excluding carboxylic acids is 2. The first kappa shape index (κ1) is 24.4. The van der Waals surface area contributed by atoms with Gasteiger partial charge in [0.25, 0.3) is 11.1 Å². The average molecular weight is 562 g/mol. The zero-order valence-corrected chi connectivity index (χ0v) is 22.2. The Hall–Kier alpha value is -3.29. The molecule has 36 heavy (non-hydrogen) atoms. The van der Waals surface area contributed by atoms with E-state index in [1.807, 2.05) is 48.5 Å². The fourth-order valence-corrected chi connectivity index (χ4v) is 5.50. The highest BCUT2D eigenvalue weighted by Crippen LogP contribution is 2.35. The van der Waals surface area contributed by atoms with E-state index in [9.17, 15) is 9.59 Å². The third kappa shape index (κ3) is 5.13. The number of aryl methyl sites for hydroxylation is 1. The molecule has 0 bridgehead atoms. The summed E-state index contributed by atoms with van der Waals surface area (Å²) in [6, 6.07) is 23.9. The lowest BCUT2D eigenvalue weighted by Gasteiger charge is -2.13. The molecular weight excluding hydrogens is 536 g/mol. The quantitative estimate of drug-likeness (QED) is 0.215. The molecule has 7 heteroatoms. The minimum Gasteiger partial charge on any atom is -0.492 e. The van der Waals surface area contributed by atoms with Crippen LogP contribution in [-0.2, 0) is 17.8 Å². The summed E-state index contributed by atoms with van der Waals surface area (Å²) in [4.78, 5) is 27.4. The van der Waals surface area contributed by atoms with Crippen LogP contribution < -0.4 is 4.74 Å². The Morgan fingerprint density at radius 2 is 1.75 bits per heavy atom. The van der Waals surface area contributed by atoms with Crippen LogP contribution in [0.1, 0.15) is 23.6 Å². The van der Waals surface area contributed by atoms with Crippen LogP contribution in [0.15, 0.2) is 88.4 Å². The van der Waals surface area contributed by atoms with Crippen molar-refractivity contribution in [2.45, 2.75) is 19.9 Å². The molecule has 1 aliphatic rings. The van der Waals surface area contributed by atoms with E-state index in [1.165, 1.54) is 16.0 Å². The second kappa shape index (κ2) is 10.8. The molecule has 0 aliphatic carbocycles. The fraction of sp³-hybridized carbons (Fsp3) is 0.172. The van der Waals surface area contributed by atoms with Crippen LogP contribution in [0.5, 0.6) is 5.75 Å². The van der Waals surface area contributed by atoms with E-state index in [0.29, 0.717) is 17.2 Å². The number of para-hydroxylation sites is 2. The molecule has 2 heterocycles. The van der Waals surface area contributed by atoms with E-state index in [0.717, 1.165) is 39.1 Å². The summed E-state index contributed by atoms with van der Waals surface area (Å²) in [7, 11) is 0. The van der Waals surface area contributed by atoms with Gasteiger partial charge in [-0.15, -0.1) is 0 Å². The van der Waals surface area contributed by atoms with Gasteiger partial charge >= 0.3 is 0 Å². The number of aromatic nitrogens is 1.